The van der Waals surface area contributed by atoms with Crippen molar-refractivity contribution in [3.8, 4) is 17.1 Å². The molecule has 2 saturated heterocycles. The summed E-state index contributed by atoms with van der Waals surface area (Å²) in [6, 6.07) is 10.2. The molecule has 0 aliphatic carbocycles. The predicted octanol–water partition coefficient (Wildman–Crippen LogP) is 2.89. The van der Waals surface area contributed by atoms with Crippen molar-refractivity contribution in [3.05, 3.63) is 54.5 Å². The fourth-order valence-electron chi connectivity index (χ4n) is 4.33. The Bertz CT molecular complexity index is 1280. The number of pyridine rings is 1. The van der Waals surface area contributed by atoms with E-state index < -0.39 is 0 Å². The van der Waals surface area contributed by atoms with Gasteiger partial charge >= 0.3 is 6.03 Å². The van der Waals surface area contributed by atoms with Gasteiger partial charge in [0, 0.05) is 43.6 Å². The number of aromatic nitrogens is 3. The Hall–Kier alpha value is -4.29. The molecule has 5 rings (SSSR count). The number of urea groups is 1. The molecule has 39 heavy (non-hydrogen) atoms. The van der Waals surface area contributed by atoms with Crippen molar-refractivity contribution >= 4 is 29.1 Å². The monoisotopic (exact) mass is 533 g/mol. The Morgan fingerprint density at radius 3 is 2.28 bits per heavy atom. The van der Waals surface area contributed by atoms with Crippen LogP contribution in [0.15, 0.2) is 48.8 Å². The summed E-state index contributed by atoms with van der Waals surface area (Å²) in [4.78, 5) is 43.3. The van der Waals surface area contributed by atoms with Crippen molar-refractivity contribution in [2.75, 3.05) is 74.7 Å². The normalized spacial score (nSPS) is 15.5. The number of amides is 3. The van der Waals surface area contributed by atoms with Gasteiger partial charge in [-0.2, -0.15) is 0 Å². The van der Waals surface area contributed by atoms with Crippen LogP contribution in [0.3, 0.4) is 0 Å². The van der Waals surface area contributed by atoms with Crippen molar-refractivity contribution in [2.45, 2.75) is 6.92 Å². The second-order valence-electron chi connectivity index (χ2n) is 8.88. The first-order valence-corrected chi connectivity index (χ1v) is 13.0. The van der Waals surface area contributed by atoms with Gasteiger partial charge in [-0.3, -0.25) is 9.78 Å². The van der Waals surface area contributed by atoms with Crippen LogP contribution < -0.4 is 20.3 Å². The Morgan fingerprint density at radius 2 is 1.62 bits per heavy atom. The van der Waals surface area contributed by atoms with E-state index in [1.165, 1.54) is 0 Å². The van der Waals surface area contributed by atoms with Gasteiger partial charge in [-0.05, 0) is 43.3 Å². The summed E-state index contributed by atoms with van der Waals surface area (Å²) >= 11 is 0. The van der Waals surface area contributed by atoms with E-state index in [4.69, 9.17) is 24.2 Å². The number of hydrogen-bond donors (Lipinski definition) is 2. The summed E-state index contributed by atoms with van der Waals surface area (Å²) in [5.41, 5.74) is 2.09. The van der Waals surface area contributed by atoms with Crippen LogP contribution in [-0.4, -0.2) is 91.0 Å². The van der Waals surface area contributed by atoms with Crippen LogP contribution in [-0.2, 0) is 9.47 Å². The van der Waals surface area contributed by atoms with Gasteiger partial charge in [-0.15, -0.1) is 0 Å². The fraction of sp³-hybridized carbons (Fsp3) is 0.370. The smallest absolute Gasteiger partial charge is 0.323 e. The van der Waals surface area contributed by atoms with Gasteiger partial charge in [0.25, 0.3) is 5.91 Å². The zero-order valence-corrected chi connectivity index (χ0v) is 21.8. The molecule has 3 amide bonds. The summed E-state index contributed by atoms with van der Waals surface area (Å²) < 4.78 is 17.0. The maximum absolute atomic E-state index is 13.6. The number of anilines is 3. The lowest BCUT2D eigenvalue weighted by molar-refractivity contribution is 0.0296. The second-order valence-corrected chi connectivity index (χ2v) is 8.88. The van der Waals surface area contributed by atoms with E-state index in [-0.39, 0.29) is 17.6 Å². The molecule has 0 atom stereocenters. The predicted molar refractivity (Wildman–Crippen MR) is 145 cm³/mol. The SMILES string of the molecule is CCOc1c(C(=O)N2CCOCC2)nc(-c2ccc(NC(=O)Nc3cccnc3)cc2)nc1N1CCOCC1. The molecule has 2 aliphatic heterocycles. The number of ether oxygens (including phenoxy) is 3. The summed E-state index contributed by atoms with van der Waals surface area (Å²) in [6.45, 7) is 6.52. The average Bonchev–Trinajstić information content (AvgIpc) is 2.99. The quantitative estimate of drug-likeness (QED) is 0.471. The van der Waals surface area contributed by atoms with Crippen molar-refractivity contribution in [2.24, 2.45) is 0 Å². The Labute approximate surface area is 226 Å². The van der Waals surface area contributed by atoms with Gasteiger partial charge in [-0.25, -0.2) is 14.8 Å². The number of benzene rings is 1. The highest BCUT2D eigenvalue weighted by molar-refractivity contribution is 6.00. The molecule has 0 unspecified atom stereocenters. The number of carbonyl (C=O) groups is 2. The molecule has 204 valence electrons. The molecule has 3 aromatic rings. The van der Waals surface area contributed by atoms with Gasteiger partial charge in [-0.1, -0.05) is 0 Å². The van der Waals surface area contributed by atoms with E-state index in [0.717, 1.165) is 0 Å². The van der Waals surface area contributed by atoms with Crippen LogP contribution in [0.4, 0.5) is 22.0 Å². The Kier molecular flexibility index (Phi) is 8.44. The summed E-state index contributed by atoms with van der Waals surface area (Å²) in [5, 5.41) is 5.53. The molecule has 1 aromatic carbocycles. The number of carbonyl (C=O) groups excluding carboxylic acids is 2. The van der Waals surface area contributed by atoms with E-state index in [1.807, 2.05) is 6.92 Å². The van der Waals surface area contributed by atoms with E-state index in [0.29, 0.717) is 93.5 Å². The maximum atomic E-state index is 13.6. The Morgan fingerprint density at radius 1 is 0.923 bits per heavy atom. The topological polar surface area (TPSA) is 131 Å². The minimum absolute atomic E-state index is 0.217. The highest BCUT2D eigenvalue weighted by atomic mass is 16.5. The molecular weight excluding hydrogens is 502 g/mol. The van der Waals surface area contributed by atoms with Gasteiger partial charge in [0.15, 0.2) is 23.1 Å². The molecule has 4 heterocycles. The number of morpholine rings is 2. The van der Waals surface area contributed by atoms with Crippen molar-refractivity contribution in [3.63, 3.8) is 0 Å². The standard InChI is InChI=1S/C27H31N7O5/c1-2-39-23-22(26(35)34-12-16-38-17-13-34)31-24(32-25(23)33-10-14-37-15-11-33)19-5-7-20(8-6-19)29-27(36)30-21-4-3-9-28-18-21/h3-9,18H,2,10-17H2,1H3,(H2,29,30,36). The van der Waals surface area contributed by atoms with E-state index >= 15 is 0 Å². The third-order valence-electron chi connectivity index (χ3n) is 6.27. The highest BCUT2D eigenvalue weighted by Gasteiger charge is 2.30. The van der Waals surface area contributed by atoms with Crippen LogP contribution in [0.2, 0.25) is 0 Å². The number of rotatable bonds is 7. The Balaban J connectivity index is 1.45. The van der Waals surface area contributed by atoms with Gasteiger partial charge in [0.05, 0.1) is 44.9 Å². The second kappa shape index (κ2) is 12.5. The molecule has 0 saturated carbocycles. The zero-order chi connectivity index (χ0) is 27.0. The van der Waals surface area contributed by atoms with Crippen LogP contribution in [0.25, 0.3) is 11.4 Å². The highest BCUT2D eigenvalue weighted by Crippen LogP contribution is 2.34. The molecular formula is C27H31N7O5. The minimum atomic E-state index is -0.388. The lowest BCUT2D eigenvalue weighted by atomic mass is 10.1. The van der Waals surface area contributed by atoms with Crippen molar-refractivity contribution < 1.29 is 23.8 Å². The van der Waals surface area contributed by atoms with Crippen LogP contribution >= 0.6 is 0 Å². The fourth-order valence-corrected chi connectivity index (χ4v) is 4.33. The lowest BCUT2D eigenvalue weighted by Crippen LogP contribution is -2.42. The first-order valence-electron chi connectivity index (χ1n) is 13.0. The van der Waals surface area contributed by atoms with Gasteiger partial charge in [0.2, 0.25) is 0 Å². The summed E-state index contributed by atoms with van der Waals surface area (Å²) in [5.74, 6) is 1.12. The first kappa shape index (κ1) is 26.3. The van der Waals surface area contributed by atoms with Crippen LogP contribution in [0, 0.1) is 0 Å². The van der Waals surface area contributed by atoms with Crippen LogP contribution in [0.5, 0.6) is 5.75 Å². The molecule has 0 radical (unpaired) electrons. The van der Waals surface area contributed by atoms with Crippen molar-refractivity contribution in [1.29, 1.82) is 0 Å². The molecule has 2 aliphatic rings. The lowest BCUT2D eigenvalue weighted by Gasteiger charge is -2.31. The molecule has 2 aromatic heterocycles. The molecule has 2 N–H and O–H groups in total. The third-order valence-corrected chi connectivity index (χ3v) is 6.27. The number of nitrogens with zero attached hydrogens (tertiary/aromatic N) is 5. The van der Waals surface area contributed by atoms with Gasteiger partial charge < -0.3 is 34.6 Å². The third kappa shape index (κ3) is 6.41. The van der Waals surface area contributed by atoms with E-state index in [2.05, 4.69) is 20.5 Å². The molecule has 0 bridgehead atoms. The molecule has 2 fully saturated rings. The van der Waals surface area contributed by atoms with E-state index in [9.17, 15) is 9.59 Å². The summed E-state index contributed by atoms with van der Waals surface area (Å²) in [6.07, 6.45) is 3.20. The van der Waals surface area contributed by atoms with Gasteiger partial charge in [0.1, 0.15) is 0 Å². The first-order chi connectivity index (χ1) is 19.1. The number of nitrogens with one attached hydrogen (secondary N) is 2. The minimum Gasteiger partial charge on any atom is -0.488 e. The largest absolute Gasteiger partial charge is 0.488 e. The zero-order valence-electron chi connectivity index (χ0n) is 21.8. The average molecular weight is 534 g/mol. The summed E-state index contributed by atoms with van der Waals surface area (Å²) in [7, 11) is 0. The number of hydrogen-bond acceptors (Lipinski definition) is 9. The molecule has 12 heteroatoms. The molecule has 12 nitrogen and oxygen atoms in total. The van der Waals surface area contributed by atoms with Crippen LogP contribution in [0.1, 0.15) is 17.4 Å². The van der Waals surface area contributed by atoms with E-state index in [1.54, 1.807) is 53.7 Å². The van der Waals surface area contributed by atoms with Crippen molar-refractivity contribution in [1.82, 2.24) is 19.9 Å². The maximum Gasteiger partial charge on any atom is 0.323 e. The molecule has 0 spiro atoms.